The van der Waals surface area contributed by atoms with Gasteiger partial charge in [-0.25, -0.2) is 0 Å². The average Bonchev–Trinajstić information content (AvgIpc) is 3.40. The van der Waals surface area contributed by atoms with Crippen LogP contribution >= 0.6 is 0 Å². The van der Waals surface area contributed by atoms with Crippen molar-refractivity contribution in [1.82, 2.24) is 19.9 Å². The minimum atomic E-state index is -0.218. The van der Waals surface area contributed by atoms with Crippen LogP contribution < -0.4 is 15.0 Å². The highest BCUT2D eigenvalue weighted by molar-refractivity contribution is 5.92. The molecule has 0 radical (unpaired) electrons. The molecular weight excluding hydrogens is 444 g/mol. The van der Waals surface area contributed by atoms with Gasteiger partial charge in [0.25, 0.3) is 11.4 Å². The van der Waals surface area contributed by atoms with E-state index in [2.05, 4.69) is 22.2 Å². The maximum absolute atomic E-state index is 13.3. The Labute approximate surface area is 201 Å². The molecule has 35 heavy (non-hydrogen) atoms. The Morgan fingerprint density at radius 1 is 0.943 bits per heavy atom. The molecule has 8 nitrogen and oxygen atoms in total. The molecule has 0 aliphatic heterocycles. The zero-order valence-corrected chi connectivity index (χ0v) is 19.7. The van der Waals surface area contributed by atoms with E-state index in [1.165, 1.54) is 10.2 Å². The zero-order chi connectivity index (χ0) is 24.4. The molecule has 0 saturated carbocycles. The SMILES string of the molecule is CCOc1ccc(-c2noc(-c3nn(-c4ccc(CC)cc4)c(=O)c4ccccc34)n2)cc1OC. The molecule has 0 N–H and O–H groups in total. The monoisotopic (exact) mass is 468 g/mol. The Kier molecular flexibility index (Phi) is 6.01. The molecule has 0 amide bonds. The van der Waals surface area contributed by atoms with E-state index in [-0.39, 0.29) is 11.4 Å². The van der Waals surface area contributed by atoms with Crippen LogP contribution in [0.15, 0.2) is 76.0 Å². The van der Waals surface area contributed by atoms with Crippen LogP contribution in [0.25, 0.3) is 39.4 Å². The molecule has 0 spiro atoms. The number of nitrogens with zero attached hydrogens (tertiary/aromatic N) is 4. The molecule has 5 rings (SSSR count). The normalized spacial score (nSPS) is 11.1. The molecule has 0 aliphatic rings. The molecule has 0 atom stereocenters. The molecule has 0 bridgehead atoms. The number of hydrogen-bond acceptors (Lipinski definition) is 7. The van der Waals surface area contributed by atoms with E-state index < -0.39 is 0 Å². The standard InChI is InChI=1S/C27H24N4O4/c1-4-17-10-13-19(14-11-17)31-27(32)21-9-7-6-8-20(21)24(29-31)26-28-25(30-35-26)18-12-15-22(34-5-2)23(16-18)33-3/h6-16H,4-5H2,1-3H3. The van der Waals surface area contributed by atoms with Crippen LogP contribution in [0.5, 0.6) is 11.5 Å². The number of hydrogen-bond donors (Lipinski definition) is 0. The van der Waals surface area contributed by atoms with Crippen molar-refractivity contribution < 1.29 is 14.0 Å². The van der Waals surface area contributed by atoms with E-state index in [1.54, 1.807) is 19.2 Å². The zero-order valence-electron chi connectivity index (χ0n) is 19.7. The summed E-state index contributed by atoms with van der Waals surface area (Å²) in [4.78, 5) is 17.8. The Morgan fingerprint density at radius 2 is 1.71 bits per heavy atom. The lowest BCUT2D eigenvalue weighted by atomic mass is 10.1. The van der Waals surface area contributed by atoms with Gasteiger partial charge in [0.2, 0.25) is 5.82 Å². The second-order valence-corrected chi connectivity index (χ2v) is 7.85. The Hall–Kier alpha value is -4.46. The highest BCUT2D eigenvalue weighted by Crippen LogP contribution is 2.33. The quantitative estimate of drug-likeness (QED) is 0.329. The van der Waals surface area contributed by atoms with Gasteiger partial charge in [-0.15, -0.1) is 0 Å². The van der Waals surface area contributed by atoms with Crippen molar-refractivity contribution in [3.63, 3.8) is 0 Å². The molecule has 176 valence electrons. The van der Waals surface area contributed by atoms with Gasteiger partial charge in [0, 0.05) is 10.9 Å². The minimum absolute atomic E-state index is 0.211. The van der Waals surface area contributed by atoms with E-state index >= 15 is 0 Å². The van der Waals surface area contributed by atoms with Crippen LogP contribution in [-0.4, -0.2) is 33.6 Å². The molecule has 2 aromatic heterocycles. The fourth-order valence-corrected chi connectivity index (χ4v) is 3.91. The van der Waals surface area contributed by atoms with Gasteiger partial charge in [0.15, 0.2) is 17.2 Å². The van der Waals surface area contributed by atoms with E-state index in [1.807, 2.05) is 61.5 Å². The number of methoxy groups -OCH3 is 1. The van der Waals surface area contributed by atoms with Gasteiger partial charge in [-0.2, -0.15) is 14.8 Å². The highest BCUT2D eigenvalue weighted by Gasteiger charge is 2.19. The predicted molar refractivity (Wildman–Crippen MR) is 133 cm³/mol. The third-order valence-electron chi connectivity index (χ3n) is 5.74. The molecule has 0 fully saturated rings. The van der Waals surface area contributed by atoms with Crippen molar-refractivity contribution in [2.45, 2.75) is 20.3 Å². The van der Waals surface area contributed by atoms with Crippen LogP contribution in [0.3, 0.4) is 0 Å². The van der Waals surface area contributed by atoms with Crippen LogP contribution in [0, 0.1) is 0 Å². The van der Waals surface area contributed by atoms with Crippen LogP contribution in [-0.2, 0) is 6.42 Å². The fourth-order valence-electron chi connectivity index (χ4n) is 3.91. The number of fused-ring (bicyclic) bond motifs is 1. The first-order valence-corrected chi connectivity index (χ1v) is 11.4. The predicted octanol–water partition coefficient (Wildman–Crippen LogP) is 5.07. The molecule has 0 aliphatic carbocycles. The summed E-state index contributed by atoms with van der Waals surface area (Å²) >= 11 is 0. The largest absolute Gasteiger partial charge is 0.493 e. The summed E-state index contributed by atoms with van der Waals surface area (Å²) in [6, 6.07) is 20.5. The number of aryl methyl sites for hydroxylation is 1. The van der Waals surface area contributed by atoms with Gasteiger partial charge in [-0.1, -0.05) is 42.4 Å². The van der Waals surface area contributed by atoms with Crippen molar-refractivity contribution in [1.29, 1.82) is 0 Å². The fraction of sp³-hybridized carbons (Fsp3) is 0.185. The lowest BCUT2D eigenvalue weighted by Gasteiger charge is -2.10. The second kappa shape index (κ2) is 9.42. The summed E-state index contributed by atoms with van der Waals surface area (Å²) < 4.78 is 18.0. The molecule has 0 saturated heterocycles. The number of rotatable bonds is 7. The smallest absolute Gasteiger partial charge is 0.279 e. The van der Waals surface area contributed by atoms with Crippen LogP contribution in [0.2, 0.25) is 0 Å². The first kappa shape index (κ1) is 22.3. The van der Waals surface area contributed by atoms with Gasteiger partial charge in [-0.3, -0.25) is 4.79 Å². The van der Waals surface area contributed by atoms with E-state index in [4.69, 9.17) is 14.0 Å². The topological polar surface area (TPSA) is 92.3 Å². The van der Waals surface area contributed by atoms with Crippen molar-refractivity contribution >= 4 is 10.8 Å². The number of aromatic nitrogens is 4. The summed E-state index contributed by atoms with van der Waals surface area (Å²) in [5.41, 5.74) is 2.75. The maximum atomic E-state index is 13.3. The van der Waals surface area contributed by atoms with E-state index in [9.17, 15) is 4.79 Å². The molecule has 0 unspecified atom stereocenters. The van der Waals surface area contributed by atoms with Gasteiger partial charge in [-0.05, 0) is 55.3 Å². The van der Waals surface area contributed by atoms with Gasteiger partial charge >= 0.3 is 0 Å². The summed E-state index contributed by atoms with van der Waals surface area (Å²) in [6.45, 7) is 4.52. The summed E-state index contributed by atoms with van der Waals surface area (Å²) in [7, 11) is 1.58. The molecule has 3 aromatic carbocycles. The lowest BCUT2D eigenvalue weighted by molar-refractivity contribution is 0.311. The van der Waals surface area contributed by atoms with Crippen LogP contribution in [0.4, 0.5) is 0 Å². The summed E-state index contributed by atoms with van der Waals surface area (Å²) in [5, 5.41) is 9.95. The van der Waals surface area contributed by atoms with Crippen molar-refractivity contribution in [3.05, 3.63) is 82.6 Å². The molecule has 5 aromatic rings. The molecular formula is C27H24N4O4. The number of benzene rings is 3. The first-order valence-electron chi connectivity index (χ1n) is 11.4. The van der Waals surface area contributed by atoms with E-state index in [0.717, 1.165) is 6.42 Å². The maximum Gasteiger partial charge on any atom is 0.279 e. The molecule has 8 heteroatoms. The van der Waals surface area contributed by atoms with Crippen molar-refractivity contribution in [3.8, 4) is 40.2 Å². The third-order valence-corrected chi connectivity index (χ3v) is 5.74. The van der Waals surface area contributed by atoms with Crippen molar-refractivity contribution in [2.24, 2.45) is 0 Å². The second-order valence-electron chi connectivity index (χ2n) is 7.85. The highest BCUT2D eigenvalue weighted by atomic mass is 16.5. The van der Waals surface area contributed by atoms with Crippen LogP contribution in [0.1, 0.15) is 19.4 Å². The number of ether oxygens (including phenoxy) is 2. The Balaban J connectivity index is 1.63. The lowest BCUT2D eigenvalue weighted by Crippen LogP contribution is -2.22. The van der Waals surface area contributed by atoms with Gasteiger partial charge in [0.05, 0.1) is 24.8 Å². The first-order chi connectivity index (χ1) is 17.1. The van der Waals surface area contributed by atoms with Gasteiger partial charge in [0.1, 0.15) is 0 Å². The average molecular weight is 469 g/mol. The van der Waals surface area contributed by atoms with Crippen molar-refractivity contribution in [2.75, 3.05) is 13.7 Å². The minimum Gasteiger partial charge on any atom is -0.493 e. The summed E-state index contributed by atoms with van der Waals surface area (Å²) in [6.07, 6.45) is 0.909. The Bertz CT molecular complexity index is 1550. The third kappa shape index (κ3) is 4.14. The van der Waals surface area contributed by atoms with E-state index in [0.29, 0.717) is 51.6 Å². The Morgan fingerprint density at radius 3 is 2.43 bits per heavy atom. The molecule has 2 heterocycles. The summed E-state index contributed by atoms with van der Waals surface area (Å²) in [5.74, 6) is 1.79. The van der Waals surface area contributed by atoms with Gasteiger partial charge < -0.3 is 14.0 Å².